The van der Waals surface area contributed by atoms with Crippen LogP contribution in [-0.4, -0.2) is 11.6 Å². The van der Waals surface area contributed by atoms with Crippen molar-refractivity contribution in [3.05, 3.63) is 12.3 Å². The van der Waals surface area contributed by atoms with Crippen LogP contribution in [0.3, 0.4) is 0 Å². The minimum Gasteiger partial charge on any atom is -0.318 e. The van der Waals surface area contributed by atoms with E-state index in [9.17, 15) is 0 Å². The van der Waals surface area contributed by atoms with Crippen LogP contribution in [0.1, 0.15) is 6.42 Å². The summed E-state index contributed by atoms with van der Waals surface area (Å²) in [6.07, 6.45) is 5.05. The number of hydrogen-bond donors (Lipinski definition) is 1. The fourth-order valence-electron chi connectivity index (χ4n) is 0.508. The maximum atomic E-state index is 5.28. The molecule has 1 aliphatic rings. The fourth-order valence-corrected chi connectivity index (χ4v) is 0.508. The number of nitrogens with zero attached hydrogens (tertiary/aromatic N) is 1. The highest BCUT2D eigenvalue weighted by atomic mass is 15.4. The van der Waals surface area contributed by atoms with Gasteiger partial charge in [-0.2, -0.15) is 0 Å². The first-order chi connectivity index (χ1) is 2.89. The molecule has 0 aromatic heterocycles. The van der Waals surface area contributed by atoms with Crippen molar-refractivity contribution in [1.29, 1.82) is 0 Å². The van der Waals surface area contributed by atoms with E-state index in [1.165, 1.54) is 0 Å². The lowest BCUT2D eigenvalue weighted by molar-refractivity contribution is 0.428. The Bertz CT molecular complexity index is 67.9. The molecule has 0 radical (unpaired) electrons. The minimum atomic E-state index is 0.986. The minimum absolute atomic E-state index is 0.986. The topological polar surface area (TPSA) is 29.3 Å². The van der Waals surface area contributed by atoms with E-state index in [2.05, 4.69) is 6.08 Å². The summed E-state index contributed by atoms with van der Waals surface area (Å²) >= 11 is 0. The molecule has 0 unspecified atom stereocenters. The first-order valence-electron chi connectivity index (χ1n) is 2.07. The molecule has 0 amide bonds. The molecule has 0 aromatic carbocycles. The molecule has 0 saturated heterocycles. The SMILES string of the molecule is NN1C=CCC1. The average molecular weight is 84.1 g/mol. The van der Waals surface area contributed by atoms with Gasteiger partial charge in [0.2, 0.25) is 0 Å². The molecular weight excluding hydrogens is 76.1 g/mol. The molecule has 1 heterocycles. The highest BCUT2D eigenvalue weighted by molar-refractivity contribution is 4.87. The normalized spacial score (nSPS) is 19.8. The van der Waals surface area contributed by atoms with Crippen molar-refractivity contribution >= 4 is 0 Å². The smallest absolute Gasteiger partial charge is 0.0370 e. The number of hydrazine groups is 1. The fraction of sp³-hybridized carbons (Fsp3) is 0.500. The highest BCUT2D eigenvalue weighted by Crippen LogP contribution is 1.94. The molecule has 0 saturated carbocycles. The summed E-state index contributed by atoms with van der Waals surface area (Å²) in [5, 5.41) is 1.68. The summed E-state index contributed by atoms with van der Waals surface area (Å²) < 4.78 is 0. The highest BCUT2D eigenvalue weighted by Gasteiger charge is 1.93. The third kappa shape index (κ3) is 0.518. The standard InChI is InChI=1S/C4H8N2/c5-6-3-1-2-4-6/h1,3H,2,4-5H2. The summed E-state index contributed by atoms with van der Waals surface area (Å²) in [6.45, 7) is 0.986. The largest absolute Gasteiger partial charge is 0.318 e. The van der Waals surface area contributed by atoms with E-state index in [1.807, 2.05) is 6.20 Å². The maximum absolute atomic E-state index is 5.28. The second-order valence-corrected chi connectivity index (χ2v) is 1.41. The van der Waals surface area contributed by atoms with Crippen LogP contribution in [0.4, 0.5) is 0 Å². The van der Waals surface area contributed by atoms with Crippen molar-refractivity contribution in [1.82, 2.24) is 5.01 Å². The van der Waals surface area contributed by atoms with Crippen molar-refractivity contribution in [3.63, 3.8) is 0 Å². The number of nitrogens with two attached hydrogens (primary N) is 1. The van der Waals surface area contributed by atoms with E-state index in [1.54, 1.807) is 5.01 Å². The van der Waals surface area contributed by atoms with E-state index in [0.29, 0.717) is 0 Å². The second kappa shape index (κ2) is 1.30. The van der Waals surface area contributed by atoms with Gasteiger partial charge in [0.1, 0.15) is 0 Å². The van der Waals surface area contributed by atoms with Crippen molar-refractivity contribution in [2.45, 2.75) is 6.42 Å². The molecular formula is C4H8N2. The van der Waals surface area contributed by atoms with Crippen molar-refractivity contribution < 1.29 is 0 Å². The van der Waals surface area contributed by atoms with Crippen molar-refractivity contribution in [2.24, 2.45) is 5.84 Å². The lowest BCUT2D eigenvalue weighted by Gasteiger charge is -2.02. The molecule has 0 spiro atoms. The van der Waals surface area contributed by atoms with Gasteiger partial charge < -0.3 is 5.01 Å². The van der Waals surface area contributed by atoms with Gasteiger partial charge in [0, 0.05) is 12.7 Å². The molecule has 34 valence electrons. The van der Waals surface area contributed by atoms with E-state index in [-0.39, 0.29) is 0 Å². The van der Waals surface area contributed by atoms with Gasteiger partial charge in [0.25, 0.3) is 0 Å². The summed E-state index contributed by atoms with van der Waals surface area (Å²) in [7, 11) is 0. The Morgan fingerprint density at radius 1 is 1.67 bits per heavy atom. The Hall–Kier alpha value is -0.500. The maximum Gasteiger partial charge on any atom is 0.0370 e. The van der Waals surface area contributed by atoms with Gasteiger partial charge in [-0.25, -0.2) is 5.84 Å². The Labute approximate surface area is 37.2 Å². The van der Waals surface area contributed by atoms with E-state index >= 15 is 0 Å². The molecule has 0 bridgehead atoms. The first kappa shape index (κ1) is 3.68. The first-order valence-corrected chi connectivity index (χ1v) is 2.07. The molecule has 2 N–H and O–H groups in total. The number of hydrogen-bond acceptors (Lipinski definition) is 2. The summed E-state index contributed by atoms with van der Waals surface area (Å²) in [5.74, 6) is 5.28. The predicted molar refractivity (Wildman–Crippen MR) is 24.7 cm³/mol. The molecule has 2 nitrogen and oxygen atoms in total. The molecule has 1 rings (SSSR count). The van der Waals surface area contributed by atoms with Gasteiger partial charge in [0.15, 0.2) is 0 Å². The Morgan fingerprint density at radius 2 is 2.50 bits per heavy atom. The molecule has 0 fully saturated rings. The van der Waals surface area contributed by atoms with Crippen LogP contribution in [0, 0.1) is 0 Å². The molecule has 0 atom stereocenters. The van der Waals surface area contributed by atoms with Crippen LogP contribution in [0.2, 0.25) is 0 Å². The predicted octanol–water partition coefficient (Wildman–Crippen LogP) is 0.0795. The zero-order chi connectivity index (χ0) is 4.41. The van der Waals surface area contributed by atoms with Crippen LogP contribution in [0.15, 0.2) is 12.3 Å². The van der Waals surface area contributed by atoms with E-state index < -0.39 is 0 Å². The second-order valence-electron chi connectivity index (χ2n) is 1.41. The van der Waals surface area contributed by atoms with Gasteiger partial charge in [-0.05, 0) is 6.42 Å². The number of rotatable bonds is 0. The van der Waals surface area contributed by atoms with Crippen LogP contribution in [-0.2, 0) is 0 Å². The van der Waals surface area contributed by atoms with Crippen LogP contribution >= 0.6 is 0 Å². The zero-order valence-corrected chi connectivity index (χ0v) is 3.59. The average Bonchev–Trinajstić information content (AvgIpc) is 1.86. The van der Waals surface area contributed by atoms with Gasteiger partial charge in [0.05, 0.1) is 0 Å². The molecule has 1 aliphatic heterocycles. The van der Waals surface area contributed by atoms with E-state index in [0.717, 1.165) is 13.0 Å². The summed E-state index contributed by atoms with van der Waals surface area (Å²) in [4.78, 5) is 0. The lowest BCUT2D eigenvalue weighted by atomic mass is 10.5. The third-order valence-electron chi connectivity index (χ3n) is 0.851. The van der Waals surface area contributed by atoms with Crippen molar-refractivity contribution in [2.75, 3.05) is 6.54 Å². The molecule has 0 aliphatic carbocycles. The monoisotopic (exact) mass is 84.1 g/mol. The van der Waals surface area contributed by atoms with Gasteiger partial charge in [-0.15, -0.1) is 0 Å². The molecule has 6 heavy (non-hydrogen) atoms. The van der Waals surface area contributed by atoms with Crippen LogP contribution in [0.25, 0.3) is 0 Å². The van der Waals surface area contributed by atoms with Gasteiger partial charge in [-0.1, -0.05) is 6.08 Å². The Balaban J connectivity index is 2.38. The zero-order valence-electron chi connectivity index (χ0n) is 3.59. The van der Waals surface area contributed by atoms with Crippen LogP contribution < -0.4 is 5.84 Å². The van der Waals surface area contributed by atoms with E-state index in [4.69, 9.17) is 5.84 Å². The third-order valence-corrected chi connectivity index (χ3v) is 0.851. The summed E-state index contributed by atoms with van der Waals surface area (Å²) in [5.41, 5.74) is 0. The molecule has 0 aromatic rings. The lowest BCUT2D eigenvalue weighted by Crippen LogP contribution is -2.21. The molecule has 2 heteroatoms. The van der Waals surface area contributed by atoms with Gasteiger partial charge in [-0.3, -0.25) is 0 Å². The van der Waals surface area contributed by atoms with Crippen molar-refractivity contribution in [3.8, 4) is 0 Å². The van der Waals surface area contributed by atoms with Crippen LogP contribution in [0.5, 0.6) is 0 Å². The summed E-state index contributed by atoms with van der Waals surface area (Å²) in [6, 6.07) is 0. The van der Waals surface area contributed by atoms with Gasteiger partial charge >= 0.3 is 0 Å². The Kier molecular flexibility index (Phi) is 0.801. The Morgan fingerprint density at radius 3 is 2.67 bits per heavy atom. The quantitative estimate of drug-likeness (QED) is 0.421.